The van der Waals surface area contributed by atoms with Crippen molar-refractivity contribution in [1.29, 1.82) is 0 Å². The summed E-state index contributed by atoms with van der Waals surface area (Å²) in [6, 6.07) is 18.6. The Kier molecular flexibility index (Phi) is 4.87. The van der Waals surface area contributed by atoms with Crippen LogP contribution in [0, 0.1) is 0 Å². The summed E-state index contributed by atoms with van der Waals surface area (Å²) in [5.74, 6) is -1.60. The zero-order valence-electron chi connectivity index (χ0n) is 13.1. The number of hydrogen-bond donors (Lipinski definition) is 1. The molecule has 122 valence electrons. The van der Waals surface area contributed by atoms with E-state index in [0.29, 0.717) is 0 Å². The summed E-state index contributed by atoms with van der Waals surface area (Å²) in [4.78, 5) is 11.1. The molecule has 0 saturated carbocycles. The minimum absolute atomic E-state index is 0.723. The van der Waals surface area contributed by atoms with E-state index < -0.39 is 27.2 Å². The van der Waals surface area contributed by atoms with Gasteiger partial charge in [0.25, 0.3) is 0 Å². The Hall–Kier alpha value is -2.18. The van der Waals surface area contributed by atoms with Gasteiger partial charge >= 0.3 is 0 Å². The summed E-state index contributed by atoms with van der Waals surface area (Å²) in [6.45, 7) is 1.82. The molecule has 0 atom stereocenters. The van der Waals surface area contributed by atoms with E-state index in [0.717, 1.165) is 11.1 Å². The van der Waals surface area contributed by atoms with Crippen LogP contribution in [0.15, 0.2) is 60.7 Å². The maximum atomic E-state index is 12.6. The van der Waals surface area contributed by atoms with Gasteiger partial charge in [0.15, 0.2) is 0 Å². The summed E-state index contributed by atoms with van der Waals surface area (Å²) < 4.78 is 26.3. The van der Waals surface area contributed by atoms with Crippen LogP contribution in [0.3, 0.4) is 0 Å². The van der Waals surface area contributed by atoms with E-state index in [2.05, 4.69) is 0 Å². The Morgan fingerprint density at radius 1 is 1.00 bits per heavy atom. The standard InChI is InChI=1S/C17H20N2O3S/c1-17(14-9-5-3-6-10-14,15-11-7-4-8-12-15)19(2)23(21,22)13-16(18)20/h3-12H,13H2,1-2H3,(H2,18,20). The molecule has 23 heavy (non-hydrogen) atoms. The maximum absolute atomic E-state index is 12.6. The smallest absolute Gasteiger partial charge is 0.234 e. The van der Waals surface area contributed by atoms with Gasteiger partial charge < -0.3 is 5.73 Å². The molecule has 6 heteroatoms. The fourth-order valence-corrected chi connectivity index (χ4v) is 3.93. The lowest BCUT2D eigenvalue weighted by Crippen LogP contribution is -2.48. The monoisotopic (exact) mass is 332 g/mol. The lowest BCUT2D eigenvalue weighted by molar-refractivity contribution is -0.115. The van der Waals surface area contributed by atoms with Gasteiger partial charge in [-0.05, 0) is 18.1 Å². The minimum atomic E-state index is -3.85. The molecular formula is C17H20N2O3S. The molecule has 0 radical (unpaired) electrons. The van der Waals surface area contributed by atoms with E-state index in [1.807, 2.05) is 67.6 Å². The number of carbonyl (C=O) groups is 1. The molecule has 0 saturated heterocycles. The summed E-state index contributed by atoms with van der Waals surface area (Å²) in [7, 11) is -2.38. The Morgan fingerprint density at radius 2 is 1.39 bits per heavy atom. The van der Waals surface area contributed by atoms with Crippen LogP contribution in [0.4, 0.5) is 0 Å². The molecule has 0 spiro atoms. The van der Waals surface area contributed by atoms with Gasteiger partial charge in [0, 0.05) is 7.05 Å². The van der Waals surface area contributed by atoms with Crippen molar-refractivity contribution >= 4 is 15.9 Å². The molecule has 0 unspecified atom stereocenters. The summed E-state index contributed by atoms with van der Waals surface area (Å²) in [6.07, 6.45) is 0. The van der Waals surface area contributed by atoms with Gasteiger partial charge in [-0.15, -0.1) is 0 Å². The van der Waals surface area contributed by atoms with Gasteiger partial charge in [-0.3, -0.25) is 4.79 Å². The van der Waals surface area contributed by atoms with Crippen LogP contribution >= 0.6 is 0 Å². The Labute approximate surface area is 136 Å². The predicted octanol–water partition coefficient (Wildman–Crippen LogP) is 1.70. The highest BCUT2D eigenvalue weighted by atomic mass is 32.2. The van der Waals surface area contributed by atoms with Crippen molar-refractivity contribution in [3.63, 3.8) is 0 Å². The predicted molar refractivity (Wildman–Crippen MR) is 90.1 cm³/mol. The van der Waals surface area contributed by atoms with Crippen molar-refractivity contribution in [3.05, 3.63) is 71.8 Å². The number of primary amides is 1. The molecule has 2 rings (SSSR count). The minimum Gasteiger partial charge on any atom is -0.369 e. The number of sulfonamides is 1. The molecule has 2 aromatic carbocycles. The first-order chi connectivity index (χ1) is 10.8. The average Bonchev–Trinajstić information content (AvgIpc) is 2.54. The second-order valence-corrected chi connectivity index (χ2v) is 7.49. The Bertz CT molecular complexity index is 735. The molecule has 5 nitrogen and oxygen atoms in total. The van der Waals surface area contributed by atoms with Crippen LogP contribution in [0.1, 0.15) is 18.1 Å². The van der Waals surface area contributed by atoms with E-state index in [1.54, 1.807) is 0 Å². The van der Waals surface area contributed by atoms with Crippen molar-refractivity contribution in [3.8, 4) is 0 Å². The summed E-state index contributed by atoms with van der Waals surface area (Å²) in [5, 5.41) is 0. The molecular weight excluding hydrogens is 312 g/mol. The fraction of sp³-hybridized carbons (Fsp3) is 0.235. The van der Waals surface area contributed by atoms with Crippen LogP contribution in [0.5, 0.6) is 0 Å². The van der Waals surface area contributed by atoms with E-state index in [-0.39, 0.29) is 0 Å². The molecule has 0 aliphatic heterocycles. The molecule has 1 amide bonds. The van der Waals surface area contributed by atoms with E-state index >= 15 is 0 Å². The number of hydrogen-bond acceptors (Lipinski definition) is 3. The SMILES string of the molecule is CN(C(C)(c1ccccc1)c1ccccc1)S(=O)(=O)CC(N)=O. The van der Waals surface area contributed by atoms with E-state index in [9.17, 15) is 13.2 Å². The molecule has 2 N–H and O–H groups in total. The van der Waals surface area contributed by atoms with Crippen molar-refractivity contribution in [2.75, 3.05) is 12.8 Å². The van der Waals surface area contributed by atoms with Crippen molar-refractivity contribution in [2.24, 2.45) is 5.73 Å². The maximum Gasteiger partial charge on any atom is 0.234 e. The first-order valence-corrected chi connectivity index (χ1v) is 8.75. The Morgan fingerprint density at radius 3 is 1.74 bits per heavy atom. The molecule has 0 aliphatic carbocycles. The van der Waals surface area contributed by atoms with Crippen LogP contribution in [0.25, 0.3) is 0 Å². The number of amides is 1. The van der Waals surface area contributed by atoms with Crippen LogP contribution < -0.4 is 5.73 Å². The van der Waals surface area contributed by atoms with Gasteiger partial charge in [0.05, 0.1) is 5.54 Å². The highest BCUT2D eigenvalue weighted by Crippen LogP contribution is 2.36. The quantitative estimate of drug-likeness (QED) is 0.874. The normalized spacial score (nSPS) is 12.3. The van der Waals surface area contributed by atoms with Gasteiger partial charge in [0.2, 0.25) is 15.9 Å². The number of nitrogens with zero attached hydrogens (tertiary/aromatic N) is 1. The number of benzene rings is 2. The van der Waals surface area contributed by atoms with Crippen LogP contribution in [-0.4, -0.2) is 31.4 Å². The van der Waals surface area contributed by atoms with Gasteiger partial charge in [-0.2, -0.15) is 4.31 Å². The second kappa shape index (κ2) is 6.52. The largest absolute Gasteiger partial charge is 0.369 e. The van der Waals surface area contributed by atoms with Gasteiger partial charge in [-0.25, -0.2) is 8.42 Å². The number of nitrogens with two attached hydrogens (primary N) is 1. The lowest BCUT2D eigenvalue weighted by atomic mass is 9.85. The highest BCUT2D eigenvalue weighted by molar-refractivity contribution is 7.89. The zero-order chi connectivity index (χ0) is 17.1. The third-order valence-electron chi connectivity index (χ3n) is 4.04. The molecule has 0 aliphatic rings. The molecule has 0 fully saturated rings. The Balaban J connectivity index is 2.62. The second-order valence-electron chi connectivity index (χ2n) is 5.49. The van der Waals surface area contributed by atoms with Gasteiger partial charge in [0.1, 0.15) is 5.75 Å². The van der Waals surface area contributed by atoms with Crippen molar-refractivity contribution in [1.82, 2.24) is 4.31 Å². The summed E-state index contributed by atoms with van der Waals surface area (Å²) >= 11 is 0. The number of carbonyl (C=O) groups excluding carboxylic acids is 1. The van der Waals surface area contributed by atoms with E-state index in [4.69, 9.17) is 5.73 Å². The summed E-state index contributed by atoms with van der Waals surface area (Å²) in [5.41, 5.74) is 5.76. The topological polar surface area (TPSA) is 80.5 Å². The molecule has 0 heterocycles. The highest BCUT2D eigenvalue weighted by Gasteiger charge is 2.40. The molecule has 2 aromatic rings. The molecule has 0 aromatic heterocycles. The van der Waals surface area contributed by atoms with Crippen LogP contribution in [0.2, 0.25) is 0 Å². The fourth-order valence-electron chi connectivity index (χ4n) is 2.61. The third-order valence-corrected chi connectivity index (χ3v) is 5.89. The van der Waals surface area contributed by atoms with Gasteiger partial charge in [-0.1, -0.05) is 60.7 Å². The third kappa shape index (κ3) is 3.43. The van der Waals surface area contributed by atoms with Crippen molar-refractivity contribution in [2.45, 2.75) is 12.5 Å². The average molecular weight is 332 g/mol. The first-order valence-electron chi connectivity index (χ1n) is 7.14. The molecule has 0 bridgehead atoms. The van der Waals surface area contributed by atoms with E-state index in [1.165, 1.54) is 11.4 Å². The first kappa shape index (κ1) is 17.2. The zero-order valence-corrected chi connectivity index (χ0v) is 14.0. The van der Waals surface area contributed by atoms with Crippen molar-refractivity contribution < 1.29 is 13.2 Å². The van der Waals surface area contributed by atoms with Crippen LogP contribution in [-0.2, 0) is 20.4 Å². The lowest BCUT2D eigenvalue weighted by Gasteiger charge is -2.39. The number of rotatable bonds is 6.